The molecule has 1 N–H and O–H groups in total. The summed E-state index contributed by atoms with van der Waals surface area (Å²) in [6.07, 6.45) is 3.76. The van der Waals surface area contributed by atoms with Crippen LogP contribution in [0.3, 0.4) is 0 Å². The number of nitrogens with one attached hydrogen (secondary N) is 1. The quantitative estimate of drug-likeness (QED) is 0.749. The maximum atomic E-state index is 13.9. The molecule has 112 valence electrons. The summed E-state index contributed by atoms with van der Waals surface area (Å²) in [5.41, 5.74) is 2.04. The predicted octanol–water partition coefficient (Wildman–Crippen LogP) is 2.22. The van der Waals surface area contributed by atoms with E-state index in [2.05, 4.69) is 15.3 Å². The number of benzene rings is 1. The van der Waals surface area contributed by atoms with Crippen molar-refractivity contribution in [3.8, 4) is 17.1 Å². The van der Waals surface area contributed by atoms with E-state index in [9.17, 15) is 13.6 Å². The first-order valence-corrected chi connectivity index (χ1v) is 7.10. The number of nitrogens with zero attached hydrogens (tertiary/aromatic N) is 3. The standard InChI is InChI=1S/C15H12F2N4O/c16-8-5-6-12(10(17)7-8)21-15(22)14-13(20-21)9-3-1-2-4-11(9)18-19-14/h5-7,18H,1-4H2. The van der Waals surface area contributed by atoms with E-state index in [4.69, 9.17) is 0 Å². The molecule has 0 aromatic heterocycles. The molecule has 0 unspecified atom stereocenters. The molecule has 1 aromatic carbocycles. The van der Waals surface area contributed by atoms with Crippen molar-refractivity contribution in [2.45, 2.75) is 25.7 Å². The first kappa shape index (κ1) is 13.1. The summed E-state index contributed by atoms with van der Waals surface area (Å²) < 4.78 is 27.9. The second-order valence-corrected chi connectivity index (χ2v) is 5.40. The van der Waals surface area contributed by atoms with Crippen LogP contribution in [0.5, 0.6) is 0 Å². The molecule has 0 atom stereocenters. The van der Waals surface area contributed by atoms with Crippen LogP contribution in [0.4, 0.5) is 8.78 Å². The van der Waals surface area contributed by atoms with Gasteiger partial charge >= 0.3 is 5.56 Å². The van der Waals surface area contributed by atoms with Gasteiger partial charge in [-0.1, -0.05) is 0 Å². The average Bonchev–Trinajstić information content (AvgIpc) is 2.85. The van der Waals surface area contributed by atoms with Crippen molar-refractivity contribution in [2.24, 2.45) is 0 Å². The van der Waals surface area contributed by atoms with Crippen LogP contribution < -0.4 is 5.56 Å². The Morgan fingerprint density at radius 3 is 2.77 bits per heavy atom. The van der Waals surface area contributed by atoms with Crippen molar-refractivity contribution in [1.82, 2.24) is 20.0 Å². The molecular weight excluding hydrogens is 290 g/mol. The molecule has 0 saturated carbocycles. The van der Waals surface area contributed by atoms with E-state index in [-0.39, 0.29) is 11.4 Å². The second kappa shape index (κ2) is 4.72. The number of halogens is 2. The molecule has 22 heavy (non-hydrogen) atoms. The number of hydrogen-bond acceptors (Lipinski definition) is 3. The Morgan fingerprint density at radius 2 is 1.95 bits per heavy atom. The minimum Gasteiger partial charge on any atom is -0.281 e. The van der Waals surface area contributed by atoms with E-state index in [0.29, 0.717) is 5.69 Å². The second-order valence-electron chi connectivity index (χ2n) is 5.40. The Morgan fingerprint density at radius 1 is 1.14 bits per heavy atom. The highest BCUT2D eigenvalue weighted by molar-refractivity contribution is 5.61. The van der Waals surface area contributed by atoms with Crippen molar-refractivity contribution in [2.75, 3.05) is 0 Å². The lowest BCUT2D eigenvalue weighted by atomic mass is 9.94. The van der Waals surface area contributed by atoms with Crippen molar-refractivity contribution in [3.05, 3.63) is 51.4 Å². The third kappa shape index (κ3) is 1.85. The van der Waals surface area contributed by atoms with Crippen LogP contribution >= 0.6 is 0 Å². The summed E-state index contributed by atoms with van der Waals surface area (Å²) in [5, 5.41) is 11.2. The fraction of sp³-hybridized carbons (Fsp3) is 0.267. The molecule has 1 aliphatic carbocycles. The van der Waals surface area contributed by atoms with Gasteiger partial charge in [0.1, 0.15) is 17.2 Å². The van der Waals surface area contributed by atoms with Crippen LogP contribution in [0.1, 0.15) is 24.1 Å². The third-order valence-corrected chi connectivity index (χ3v) is 4.01. The smallest absolute Gasteiger partial charge is 0.281 e. The third-order valence-electron chi connectivity index (χ3n) is 4.01. The van der Waals surface area contributed by atoms with E-state index in [1.54, 1.807) is 0 Å². The molecule has 5 nitrogen and oxygen atoms in total. The summed E-state index contributed by atoms with van der Waals surface area (Å²) in [4.78, 5) is 12.4. The van der Waals surface area contributed by atoms with Gasteiger partial charge in [0.25, 0.3) is 0 Å². The van der Waals surface area contributed by atoms with Gasteiger partial charge in [-0.25, -0.2) is 8.78 Å². The van der Waals surface area contributed by atoms with E-state index < -0.39 is 17.2 Å². The van der Waals surface area contributed by atoms with E-state index >= 15 is 0 Å². The first-order chi connectivity index (χ1) is 10.6. The minimum absolute atomic E-state index is 0.0750. The largest absolute Gasteiger partial charge is 0.301 e. The van der Waals surface area contributed by atoms with Gasteiger partial charge in [0.05, 0.1) is 0 Å². The van der Waals surface area contributed by atoms with Crippen LogP contribution in [0, 0.1) is 11.6 Å². The molecule has 0 spiro atoms. The van der Waals surface area contributed by atoms with Gasteiger partial charge in [0.2, 0.25) is 0 Å². The van der Waals surface area contributed by atoms with Crippen molar-refractivity contribution >= 4 is 0 Å². The molecule has 2 aliphatic heterocycles. The molecule has 7 heteroatoms. The lowest BCUT2D eigenvalue weighted by molar-refractivity contribution is 0.572. The number of fused-ring (bicyclic) bond motifs is 3. The molecule has 0 amide bonds. The Kier molecular flexibility index (Phi) is 2.82. The van der Waals surface area contributed by atoms with Gasteiger partial charge in [-0.2, -0.15) is 14.9 Å². The Bertz CT molecular complexity index is 899. The number of aromatic amines is 1. The van der Waals surface area contributed by atoms with Gasteiger partial charge in [0, 0.05) is 17.3 Å². The average molecular weight is 302 g/mol. The molecule has 0 saturated heterocycles. The van der Waals surface area contributed by atoms with Gasteiger partial charge in [-0.3, -0.25) is 9.89 Å². The van der Waals surface area contributed by atoms with Crippen LogP contribution in [0.25, 0.3) is 17.1 Å². The fourth-order valence-corrected chi connectivity index (χ4v) is 2.93. The van der Waals surface area contributed by atoms with E-state index in [1.165, 1.54) is 6.07 Å². The molecule has 3 aliphatic rings. The molecule has 4 rings (SSSR count). The maximum absolute atomic E-state index is 13.9. The monoisotopic (exact) mass is 302 g/mol. The first-order valence-electron chi connectivity index (χ1n) is 7.10. The van der Waals surface area contributed by atoms with E-state index in [0.717, 1.165) is 53.8 Å². The highest BCUT2D eigenvalue weighted by Gasteiger charge is 2.26. The number of rotatable bonds is 1. The van der Waals surface area contributed by atoms with Crippen LogP contribution in [0.2, 0.25) is 0 Å². The molecular formula is C15H12F2N4O. The molecule has 1 aromatic rings. The summed E-state index contributed by atoms with van der Waals surface area (Å²) in [6.45, 7) is 0. The van der Waals surface area contributed by atoms with Gasteiger partial charge in [0.15, 0.2) is 11.5 Å². The van der Waals surface area contributed by atoms with Gasteiger partial charge in [-0.05, 0) is 37.8 Å². The van der Waals surface area contributed by atoms with Gasteiger partial charge < -0.3 is 0 Å². The lowest BCUT2D eigenvalue weighted by Gasteiger charge is -2.16. The maximum Gasteiger partial charge on any atom is 0.301 e. The zero-order valence-corrected chi connectivity index (χ0v) is 11.6. The zero-order chi connectivity index (χ0) is 15.3. The van der Waals surface area contributed by atoms with Gasteiger partial charge in [-0.15, -0.1) is 0 Å². The van der Waals surface area contributed by atoms with Crippen molar-refractivity contribution < 1.29 is 8.78 Å². The number of H-pyrrole nitrogens is 1. The lowest BCUT2D eigenvalue weighted by Crippen LogP contribution is -2.17. The van der Waals surface area contributed by atoms with Crippen molar-refractivity contribution in [3.63, 3.8) is 0 Å². The van der Waals surface area contributed by atoms with Crippen LogP contribution in [-0.2, 0) is 12.8 Å². The zero-order valence-electron chi connectivity index (χ0n) is 11.6. The number of aromatic nitrogens is 4. The summed E-state index contributed by atoms with van der Waals surface area (Å²) in [5.74, 6) is -1.53. The highest BCUT2D eigenvalue weighted by Crippen LogP contribution is 2.28. The van der Waals surface area contributed by atoms with Crippen molar-refractivity contribution in [1.29, 1.82) is 0 Å². The van der Waals surface area contributed by atoms with Crippen LogP contribution in [0.15, 0.2) is 23.0 Å². The predicted molar refractivity (Wildman–Crippen MR) is 75.2 cm³/mol. The van der Waals surface area contributed by atoms with E-state index in [1.807, 2.05) is 0 Å². The SMILES string of the molecule is O=c1c2n[nH]c3c(c-2nn1-c1ccc(F)cc1F)CCCC3. The summed E-state index contributed by atoms with van der Waals surface area (Å²) >= 11 is 0. The topological polar surface area (TPSA) is 63.6 Å². The Balaban J connectivity index is 1.98. The Hall–Kier alpha value is -2.57. The van der Waals surface area contributed by atoms with Crippen LogP contribution in [-0.4, -0.2) is 20.0 Å². The summed E-state index contributed by atoms with van der Waals surface area (Å²) in [7, 11) is 0. The highest BCUT2D eigenvalue weighted by atomic mass is 19.1. The molecule has 0 radical (unpaired) electrons. The number of aryl methyl sites for hydroxylation is 1. The molecule has 0 fully saturated rings. The molecule has 0 bridgehead atoms. The summed E-state index contributed by atoms with van der Waals surface area (Å²) in [6, 6.07) is 3.03. The Labute approximate surface area is 123 Å². The minimum atomic E-state index is -0.831. The fourth-order valence-electron chi connectivity index (χ4n) is 2.93. The molecule has 2 heterocycles. The normalized spacial score (nSPS) is 14.3. The number of hydrogen-bond donors (Lipinski definition) is 1.